The molecule has 0 spiro atoms. The number of benzene rings is 1. The van der Waals surface area contributed by atoms with Gasteiger partial charge in [-0.1, -0.05) is 23.7 Å². The first-order valence-corrected chi connectivity index (χ1v) is 7.66. The normalized spacial score (nSPS) is 10.6. The molecule has 24 heavy (non-hydrogen) atoms. The van der Waals surface area contributed by atoms with Crippen LogP contribution in [0.2, 0.25) is 5.02 Å². The van der Waals surface area contributed by atoms with Crippen LogP contribution >= 0.6 is 11.6 Å². The SMILES string of the molecule is O=C(Cn1nnnc1COc1ccccc1Cl)NCCOCCO. The maximum atomic E-state index is 11.8. The fourth-order valence-electron chi connectivity index (χ4n) is 1.77. The zero-order valence-electron chi connectivity index (χ0n) is 12.9. The van der Waals surface area contributed by atoms with Crippen LogP contribution in [-0.4, -0.2) is 57.6 Å². The van der Waals surface area contributed by atoms with Crippen molar-refractivity contribution in [3.8, 4) is 5.75 Å². The number of hydrogen-bond donors (Lipinski definition) is 2. The summed E-state index contributed by atoms with van der Waals surface area (Å²) in [5.74, 6) is 0.662. The zero-order chi connectivity index (χ0) is 17.2. The van der Waals surface area contributed by atoms with E-state index in [2.05, 4.69) is 20.8 Å². The molecule has 1 amide bonds. The minimum Gasteiger partial charge on any atom is -0.484 e. The minimum absolute atomic E-state index is 0.0335. The van der Waals surface area contributed by atoms with Crippen LogP contribution in [0.5, 0.6) is 5.75 Å². The molecule has 1 aromatic heterocycles. The molecule has 0 aliphatic rings. The number of para-hydroxylation sites is 1. The fourth-order valence-corrected chi connectivity index (χ4v) is 1.96. The van der Waals surface area contributed by atoms with E-state index >= 15 is 0 Å². The van der Waals surface area contributed by atoms with E-state index in [9.17, 15) is 4.79 Å². The summed E-state index contributed by atoms with van der Waals surface area (Å²) in [6.45, 7) is 0.911. The number of carbonyl (C=O) groups excluding carboxylic acids is 1. The van der Waals surface area contributed by atoms with Gasteiger partial charge in [-0.25, -0.2) is 4.68 Å². The first-order chi connectivity index (χ1) is 11.7. The number of carbonyl (C=O) groups is 1. The molecule has 0 bridgehead atoms. The highest BCUT2D eigenvalue weighted by molar-refractivity contribution is 6.32. The molecule has 10 heteroatoms. The number of rotatable bonds is 10. The Labute approximate surface area is 143 Å². The molecule has 0 aliphatic carbocycles. The third-order valence-electron chi connectivity index (χ3n) is 2.90. The number of tetrazole rings is 1. The van der Waals surface area contributed by atoms with Crippen LogP contribution in [0.1, 0.15) is 5.82 Å². The highest BCUT2D eigenvalue weighted by Crippen LogP contribution is 2.23. The first-order valence-electron chi connectivity index (χ1n) is 7.28. The summed E-state index contributed by atoms with van der Waals surface area (Å²) in [6, 6.07) is 7.05. The van der Waals surface area contributed by atoms with Gasteiger partial charge in [-0.15, -0.1) is 5.10 Å². The quantitative estimate of drug-likeness (QED) is 0.578. The average molecular weight is 356 g/mol. The highest BCUT2D eigenvalue weighted by Gasteiger charge is 2.11. The second-order valence-electron chi connectivity index (χ2n) is 4.66. The lowest BCUT2D eigenvalue weighted by atomic mass is 10.3. The Balaban J connectivity index is 1.80. The molecule has 0 radical (unpaired) electrons. The van der Waals surface area contributed by atoms with Crippen molar-refractivity contribution in [3.05, 3.63) is 35.1 Å². The molecule has 0 unspecified atom stereocenters. The second kappa shape index (κ2) is 9.81. The Kier molecular flexibility index (Phi) is 7.40. The Morgan fingerprint density at radius 2 is 2.17 bits per heavy atom. The molecule has 0 fully saturated rings. The average Bonchev–Trinajstić information content (AvgIpc) is 3.01. The molecule has 0 aliphatic heterocycles. The third kappa shape index (κ3) is 5.76. The summed E-state index contributed by atoms with van der Waals surface area (Å²) in [6.07, 6.45) is 0. The molecule has 2 aromatic rings. The van der Waals surface area contributed by atoms with Crippen LogP contribution in [0.25, 0.3) is 0 Å². The number of aliphatic hydroxyl groups is 1. The van der Waals surface area contributed by atoms with Crippen molar-refractivity contribution in [2.24, 2.45) is 0 Å². The number of amides is 1. The standard InChI is InChI=1S/C14H18ClN5O4/c15-11-3-1-2-4-12(11)24-10-13-17-18-19-20(13)9-14(22)16-5-7-23-8-6-21/h1-4,21H,5-10H2,(H,16,22). The topological polar surface area (TPSA) is 111 Å². The molecule has 2 N–H and O–H groups in total. The minimum atomic E-state index is -0.256. The van der Waals surface area contributed by atoms with Crippen LogP contribution in [0.3, 0.4) is 0 Å². The maximum absolute atomic E-state index is 11.8. The molecule has 1 aromatic carbocycles. The lowest BCUT2D eigenvalue weighted by molar-refractivity contribution is -0.122. The van der Waals surface area contributed by atoms with Gasteiger partial charge >= 0.3 is 0 Å². The van der Waals surface area contributed by atoms with Crippen LogP contribution < -0.4 is 10.1 Å². The molecular weight excluding hydrogens is 338 g/mol. The Morgan fingerprint density at radius 3 is 2.96 bits per heavy atom. The number of aromatic nitrogens is 4. The van der Waals surface area contributed by atoms with Crippen molar-refractivity contribution >= 4 is 17.5 Å². The van der Waals surface area contributed by atoms with Crippen LogP contribution in [0.15, 0.2) is 24.3 Å². The summed E-state index contributed by atoms with van der Waals surface area (Å²) >= 11 is 6.01. The maximum Gasteiger partial charge on any atom is 0.241 e. The molecule has 130 valence electrons. The molecule has 2 rings (SSSR count). The monoisotopic (exact) mass is 355 g/mol. The number of ether oxygens (including phenoxy) is 2. The van der Waals surface area contributed by atoms with Gasteiger partial charge in [-0.2, -0.15) is 0 Å². The summed E-state index contributed by atoms with van der Waals surface area (Å²) in [4.78, 5) is 11.8. The smallest absolute Gasteiger partial charge is 0.241 e. The highest BCUT2D eigenvalue weighted by atomic mass is 35.5. The van der Waals surface area contributed by atoms with E-state index in [-0.39, 0.29) is 32.3 Å². The van der Waals surface area contributed by atoms with Gasteiger partial charge in [-0.3, -0.25) is 4.79 Å². The van der Waals surface area contributed by atoms with Gasteiger partial charge in [0.15, 0.2) is 5.82 Å². The molecule has 0 atom stereocenters. The Bertz CT molecular complexity index is 652. The van der Waals surface area contributed by atoms with Gasteiger partial charge in [0.2, 0.25) is 5.91 Å². The van der Waals surface area contributed by atoms with Crippen molar-refractivity contribution in [2.75, 3.05) is 26.4 Å². The van der Waals surface area contributed by atoms with Crippen molar-refractivity contribution in [2.45, 2.75) is 13.2 Å². The largest absolute Gasteiger partial charge is 0.484 e. The summed E-state index contributed by atoms with van der Waals surface area (Å²) in [5.41, 5.74) is 0. The lowest BCUT2D eigenvalue weighted by Crippen LogP contribution is -2.31. The lowest BCUT2D eigenvalue weighted by Gasteiger charge is -2.09. The Morgan fingerprint density at radius 1 is 1.33 bits per heavy atom. The predicted molar refractivity (Wildman–Crippen MR) is 84.5 cm³/mol. The number of nitrogens with one attached hydrogen (secondary N) is 1. The number of nitrogens with zero attached hydrogens (tertiary/aromatic N) is 4. The predicted octanol–water partition coefficient (Wildman–Crippen LogP) is 0.0306. The summed E-state index contributed by atoms with van der Waals surface area (Å²) in [5, 5.41) is 22.9. The van der Waals surface area contributed by atoms with E-state index in [0.29, 0.717) is 29.7 Å². The zero-order valence-corrected chi connectivity index (χ0v) is 13.6. The van der Waals surface area contributed by atoms with E-state index in [1.807, 2.05) is 0 Å². The van der Waals surface area contributed by atoms with Crippen LogP contribution in [-0.2, 0) is 22.7 Å². The molecule has 1 heterocycles. The Hall–Kier alpha value is -2.23. The van der Waals surface area contributed by atoms with Crippen molar-refractivity contribution in [1.29, 1.82) is 0 Å². The van der Waals surface area contributed by atoms with Gasteiger partial charge < -0.3 is 19.9 Å². The summed E-state index contributed by atoms with van der Waals surface area (Å²) in [7, 11) is 0. The van der Waals surface area contributed by atoms with E-state index in [1.54, 1.807) is 24.3 Å². The first kappa shape index (κ1) is 18.1. The van der Waals surface area contributed by atoms with Crippen molar-refractivity contribution in [1.82, 2.24) is 25.5 Å². The molecule has 9 nitrogen and oxygen atoms in total. The number of hydrogen-bond acceptors (Lipinski definition) is 7. The summed E-state index contributed by atoms with van der Waals surface area (Å²) < 4.78 is 12.0. The van der Waals surface area contributed by atoms with Gasteiger partial charge in [0.05, 0.1) is 24.8 Å². The number of halogens is 1. The van der Waals surface area contributed by atoms with Crippen LogP contribution in [0.4, 0.5) is 0 Å². The van der Waals surface area contributed by atoms with Gasteiger partial charge in [-0.05, 0) is 22.6 Å². The van der Waals surface area contributed by atoms with E-state index in [4.69, 9.17) is 26.2 Å². The van der Waals surface area contributed by atoms with Crippen molar-refractivity contribution < 1.29 is 19.4 Å². The molecular formula is C14H18ClN5O4. The van der Waals surface area contributed by atoms with E-state index in [0.717, 1.165) is 0 Å². The second-order valence-corrected chi connectivity index (χ2v) is 5.06. The molecule has 0 saturated carbocycles. The van der Waals surface area contributed by atoms with Gasteiger partial charge in [0.1, 0.15) is 18.9 Å². The number of aliphatic hydroxyl groups excluding tert-OH is 1. The van der Waals surface area contributed by atoms with Crippen molar-refractivity contribution in [3.63, 3.8) is 0 Å². The van der Waals surface area contributed by atoms with E-state index in [1.165, 1.54) is 4.68 Å². The third-order valence-corrected chi connectivity index (χ3v) is 3.21. The van der Waals surface area contributed by atoms with E-state index < -0.39 is 0 Å². The van der Waals surface area contributed by atoms with Gasteiger partial charge in [0, 0.05) is 6.54 Å². The fraction of sp³-hybridized carbons (Fsp3) is 0.429. The van der Waals surface area contributed by atoms with Crippen LogP contribution in [0, 0.1) is 0 Å². The van der Waals surface area contributed by atoms with Gasteiger partial charge in [0.25, 0.3) is 0 Å². The molecule has 0 saturated heterocycles.